The van der Waals surface area contributed by atoms with Crippen LogP contribution in [0.2, 0.25) is 0 Å². The fourth-order valence-electron chi connectivity index (χ4n) is 4.92. The molecule has 0 heterocycles. The third-order valence-electron chi connectivity index (χ3n) is 6.82. The Morgan fingerprint density at radius 2 is 1.84 bits per heavy atom. The second-order valence-corrected chi connectivity index (χ2v) is 10.4. The van der Waals surface area contributed by atoms with E-state index in [1.807, 2.05) is 32.9 Å². The van der Waals surface area contributed by atoms with Gasteiger partial charge < -0.3 is 14.8 Å². The Kier molecular flexibility index (Phi) is 6.30. The van der Waals surface area contributed by atoms with Gasteiger partial charge in [0.25, 0.3) is 0 Å². The van der Waals surface area contributed by atoms with Crippen molar-refractivity contribution >= 4 is 22.6 Å². The highest BCUT2D eigenvalue weighted by Gasteiger charge is 2.62. The van der Waals surface area contributed by atoms with E-state index in [0.717, 1.165) is 19.3 Å². The molecule has 0 bridgehead atoms. The van der Waals surface area contributed by atoms with Crippen molar-refractivity contribution in [2.75, 3.05) is 0 Å². The fraction of sp³-hybridized carbons (Fsp3) is 0.556. The van der Waals surface area contributed by atoms with Gasteiger partial charge in [0.1, 0.15) is 11.1 Å². The molecule has 0 aliphatic heterocycles. The largest absolute Gasteiger partial charge is 0.458 e. The number of esters is 1. The summed E-state index contributed by atoms with van der Waals surface area (Å²) in [6.07, 6.45) is 3.91. The molecule has 1 amide bonds. The van der Waals surface area contributed by atoms with Gasteiger partial charge in [-0.15, -0.1) is 0 Å². The van der Waals surface area contributed by atoms with Gasteiger partial charge in [0.05, 0.1) is 12.7 Å². The topological polar surface area (TPSA) is 64.6 Å². The number of carbonyl (C=O) groups excluding carboxylic acids is 2. The maximum atomic E-state index is 13.1. The maximum Gasteiger partial charge on any atom is 0.332 e. The first-order valence-corrected chi connectivity index (χ1v) is 11.9. The van der Waals surface area contributed by atoms with Crippen molar-refractivity contribution in [3.05, 3.63) is 48.0 Å². The van der Waals surface area contributed by atoms with Crippen molar-refractivity contribution in [3.8, 4) is 0 Å². The maximum absolute atomic E-state index is 13.1. The molecular formula is C27H35NO4. The van der Waals surface area contributed by atoms with Gasteiger partial charge >= 0.3 is 5.97 Å². The third-order valence-corrected chi connectivity index (χ3v) is 6.82. The van der Waals surface area contributed by atoms with Gasteiger partial charge in [0.2, 0.25) is 5.91 Å². The highest BCUT2D eigenvalue weighted by molar-refractivity contribution is 5.92. The molecule has 32 heavy (non-hydrogen) atoms. The van der Waals surface area contributed by atoms with Crippen LogP contribution in [0.5, 0.6) is 0 Å². The quantitative estimate of drug-likeness (QED) is 0.608. The monoisotopic (exact) mass is 437 g/mol. The predicted molar refractivity (Wildman–Crippen MR) is 125 cm³/mol. The van der Waals surface area contributed by atoms with Gasteiger partial charge in [0.15, 0.2) is 0 Å². The normalized spacial score (nSPS) is 27.3. The molecule has 5 heteroatoms. The van der Waals surface area contributed by atoms with Gasteiger partial charge in [-0.3, -0.25) is 4.79 Å². The van der Waals surface area contributed by atoms with E-state index < -0.39 is 11.1 Å². The highest BCUT2D eigenvalue weighted by Crippen LogP contribution is 2.48. The molecule has 2 fully saturated rings. The van der Waals surface area contributed by atoms with Crippen LogP contribution in [0.4, 0.5) is 0 Å². The molecule has 2 aliphatic carbocycles. The van der Waals surface area contributed by atoms with Gasteiger partial charge in [-0.25, -0.2) is 4.79 Å². The van der Waals surface area contributed by atoms with E-state index in [9.17, 15) is 9.59 Å². The van der Waals surface area contributed by atoms with Gasteiger partial charge in [-0.1, -0.05) is 55.8 Å². The molecule has 4 atom stereocenters. The van der Waals surface area contributed by atoms with E-state index in [4.69, 9.17) is 9.47 Å². The molecule has 2 aliphatic rings. The van der Waals surface area contributed by atoms with E-state index in [0.29, 0.717) is 19.4 Å². The van der Waals surface area contributed by atoms with E-state index in [1.165, 1.54) is 16.3 Å². The highest BCUT2D eigenvalue weighted by atomic mass is 16.6. The second kappa shape index (κ2) is 8.86. The SMILES string of the molecule is CCC1CC1(NC(=O)C1CCC(OCc2cccc3ccccc23)C1)C(=O)OC(C)(C)C. The smallest absolute Gasteiger partial charge is 0.332 e. The molecule has 0 spiro atoms. The molecule has 172 valence electrons. The molecule has 2 aromatic rings. The van der Waals surface area contributed by atoms with Crippen LogP contribution in [0.25, 0.3) is 10.8 Å². The zero-order chi connectivity index (χ0) is 22.9. The Bertz CT molecular complexity index is 989. The number of hydrogen-bond donors (Lipinski definition) is 1. The zero-order valence-corrected chi connectivity index (χ0v) is 19.6. The summed E-state index contributed by atoms with van der Waals surface area (Å²) in [7, 11) is 0. The van der Waals surface area contributed by atoms with Crippen molar-refractivity contribution < 1.29 is 19.1 Å². The number of rotatable bonds is 7. The Hall–Kier alpha value is -2.40. The minimum absolute atomic E-state index is 0.0388. The third kappa shape index (κ3) is 4.83. The molecule has 0 radical (unpaired) electrons. The van der Waals surface area contributed by atoms with Crippen molar-refractivity contribution in [1.82, 2.24) is 5.32 Å². The first kappa shape index (κ1) is 22.8. The van der Waals surface area contributed by atoms with Crippen LogP contribution >= 0.6 is 0 Å². The number of benzene rings is 2. The lowest BCUT2D eigenvalue weighted by atomic mass is 10.0. The van der Waals surface area contributed by atoms with Crippen LogP contribution in [-0.2, 0) is 25.7 Å². The van der Waals surface area contributed by atoms with E-state index in [1.54, 1.807) is 0 Å². The van der Waals surface area contributed by atoms with Crippen LogP contribution in [-0.4, -0.2) is 29.1 Å². The lowest BCUT2D eigenvalue weighted by molar-refractivity contribution is -0.161. The lowest BCUT2D eigenvalue weighted by Crippen LogP contribution is -2.49. The summed E-state index contributed by atoms with van der Waals surface area (Å²) < 4.78 is 11.8. The van der Waals surface area contributed by atoms with Crippen LogP contribution < -0.4 is 5.32 Å². The zero-order valence-electron chi connectivity index (χ0n) is 19.6. The average molecular weight is 438 g/mol. The van der Waals surface area contributed by atoms with Crippen molar-refractivity contribution in [1.29, 1.82) is 0 Å². The Morgan fingerprint density at radius 1 is 1.09 bits per heavy atom. The molecule has 2 aromatic carbocycles. The summed E-state index contributed by atoms with van der Waals surface area (Å²) >= 11 is 0. The average Bonchev–Trinajstić information content (AvgIpc) is 3.26. The molecule has 0 aromatic heterocycles. The van der Waals surface area contributed by atoms with Gasteiger partial charge in [0, 0.05) is 5.92 Å². The molecule has 1 N–H and O–H groups in total. The second-order valence-electron chi connectivity index (χ2n) is 10.4. The van der Waals surface area contributed by atoms with E-state index in [-0.39, 0.29) is 29.8 Å². The standard InChI is InChI=1S/C27H35NO4/c1-5-21-16-27(21,25(30)32-26(2,3)4)28-24(29)19-13-14-22(15-19)31-17-20-11-8-10-18-9-6-7-12-23(18)20/h6-12,19,21-22H,5,13-17H2,1-4H3,(H,28,29). The molecule has 4 unspecified atom stereocenters. The number of fused-ring (bicyclic) bond motifs is 1. The van der Waals surface area contributed by atoms with Crippen LogP contribution in [0, 0.1) is 11.8 Å². The van der Waals surface area contributed by atoms with Crippen molar-refractivity contribution in [3.63, 3.8) is 0 Å². The number of ether oxygens (including phenoxy) is 2. The molecule has 2 saturated carbocycles. The first-order valence-electron chi connectivity index (χ1n) is 11.9. The number of nitrogens with one attached hydrogen (secondary N) is 1. The van der Waals surface area contributed by atoms with Crippen LogP contribution in [0.15, 0.2) is 42.5 Å². The minimum atomic E-state index is -0.846. The molecule has 5 nitrogen and oxygen atoms in total. The minimum Gasteiger partial charge on any atom is -0.458 e. The number of carbonyl (C=O) groups is 2. The van der Waals surface area contributed by atoms with E-state index in [2.05, 4.69) is 42.6 Å². The summed E-state index contributed by atoms with van der Waals surface area (Å²) in [6.45, 7) is 8.17. The van der Waals surface area contributed by atoms with E-state index >= 15 is 0 Å². The van der Waals surface area contributed by atoms with Crippen molar-refractivity contribution in [2.24, 2.45) is 11.8 Å². The number of hydrogen-bond acceptors (Lipinski definition) is 4. The summed E-state index contributed by atoms with van der Waals surface area (Å²) in [5.41, 5.74) is -0.242. The first-order chi connectivity index (χ1) is 15.2. The summed E-state index contributed by atoms with van der Waals surface area (Å²) in [4.78, 5) is 25.9. The summed E-state index contributed by atoms with van der Waals surface area (Å²) in [5.74, 6) is -0.305. The van der Waals surface area contributed by atoms with Crippen molar-refractivity contribution in [2.45, 2.75) is 83.6 Å². The Morgan fingerprint density at radius 3 is 2.56 bits per heavy atom. The van der Waals surface area contributed by atoms with Gasteiger partial charge in [-0.05, 0) is 68.7 Å². The summed E-state index contributed by atoms with van der Waals surface area (Å²) in [6, 6.07) is 14.6. The Labute approximate surface area is 190 Å². The Balaban J connectivity index is 1.34. The lowest BCUT2D eigenvalue weighted by Gasteiger charge is -2.26. The van der Waals surface area contributed by atoms with Gasteiger partial charge in [-0.2, -0.15) is 0 Å². The van der Waals surface area contributed by atoms with Crippen LogP contribution in [0.3, 0.4) is 0 Å². The van der Waals surface area contributed by atoms with Crippen LogP contribution in [0.1, 0.15) is 65.4 Å². The molecule has 0 saturated heterocycles. The fourth-order valence-corrected chi connectivity index (χ4v) is 4.92. The number of amides is 1. The molecular weight excluding hydrogens is 402 g/mol. The predicted octanol–water partition coefficient (Wildman–Crippen LogP) is 5.15. The summed E-state index contributed by atoms with van der Waals surface area (Å²) in [5, 5.41) is 5.50. The molecule has 4 rings (SSSR count).